The maximum Gasteiger partial charge on any atom is 0.200 e. The Morgan fingerprint density at radius 2 is 1.76 bits per heavy atom. The topological polar surface area (TPSA) is 57.5 Å². The summed E-state index contributed by atoms with van der Waals surface area (Å²) in [5, 5.41) is 0.504. The maximum absolute atomic E-state index is 13.3. The predicted molar refractivity (Wildman–Crippen MR) is 111 cm³/mol. The number of benzene rings is 2. The molecule has 1 aromatic heterocycles. The SMILES string of the molecule is Cc1ccc(C(=O)c2cn(CC3CC3)c3cc4c(cc3c2=O)OCCO4)cc1C. The summed E-state index contributed by atoms with van der Waals surface area (Å²) in [6.45, 7) is 5.73. The summed E-state index contributed by atoms with van der Waals surface area (Å²) in [5.41, 5.74) is 3.44. The number of aromatic nitrogens is 1. The van der Waals surface area contributed by atoms with Crippen molar-refractivity contribution < 1.29 is 14.3 Å². The van der Waals surface area contributed by atoms with Gasteiger partial charge in [-0.3, -0.25) is 9.59 Å². The van der Waals surface area contributed by atoms with E-state index in [0.29, 0.717) is 41.6 Å². The molecule has 0 radical (unpaired) electrons. The third-order valence-electron chi connectivity index (χ3n) is 5.91. The van der Waals surface area contributed by atoms with Crippen molar-refractivity contribution in [2.24, 2.45) is 5.92 Å². The Bertz CT molecular complexity index is 1200. The average molecular weight is 389 g/mol. The summed E-state index contributed by atoms with van der Waals surface area (Å²) in [4.78, 5) is 26.6. The maximum atomic E-state index is 13.3. The van der Waals surface area contributed by atoms with Crippen LogP contribution in [0, 0.1) is 19.8 Å². The Hall–Kier alpha value is -3.08. The summed E-state index contributed by atoms with van der Waals surface area (Å²) < 4.78 is 13.4. The van der Waals surface area contributed by atoms with E-state index in [2.05, 4.69) is 0 Å². The average Bonchev–Trinajstić information content (AvgIpc) is 3.54. The molecular formula is C24H23NO4. The molecule has 2 heterocycles. The molecule has 0 saturated heterocycles. The van der Waals surface area contributed by atoms with Crippen molar-refractivity contribution in [3.05, 3.63) is 69.0 Å². The second-order valence-electron chi connectivity index (χ2n) is 8.11. The smallest absolute Gasteiger partial charge is 0.200 e. The lowest BCUT2D eigenvalue weighted by atomic mass is 9.98. The van der Waals surface area contributed by atoms with Gasteiger partial charge in [0.05, 0.1) is 16.5 Å². The van der Waals surface area contributed by atoms with Crippen LogP contribution in [0.15, 0.2) is 41.3 Å². The highest BCUT2D eigenvalue weighted by Crippen LogP contribution is 2.36. The normalized spacial score (nSPS) is 15.5. The fraction of sp³-hybridized carbons (Fsp3) is 0.333. The van der Waals surface area contributed by atoms with Crippen LogP contribution in [0.1, 0.15) is 39.9 Å². The van der Waals surface area contributed by atoms with Gasteiger partial charge in [-0.1, -0.05) is 12.1 Å². The van der Waals surface area contributed by atoms with E-state index in [9.17, 15) is 9.59 Å². The number of carbonyl (C=O) groups excluding carboxylic acids is 1. The van der Waals surface area contributed by atoms with Gasteiger partial charge in [-0.2, -0.15) is 0 Å². The van der Waals surface area contributed by atoms with Crippen LogP contribution in [0.3, 0.4) is 0 Å². The first kappa shape index (κ1) is 18.0. The fourth-order valence-corrected chi connectivity index (χ4v) is 3.86. The van der Waals surface area contributed by atoms with E-state index in [1.54, 1.807) is 18.3 Å². The lowest BCUT2D eigenvalue weighted by Gasteiger charge is -2.20. The molecule has 1 aliphatic carbocycles. The highest BCUT2D eigenvalue weighted by Gasteiger charge is 2.25. The van der Waals surface area contributed by atoms with Crippen molar-refractivity contribution in [3.8, 4) is 11.5 Å². The Kier molecular flexibility index (Phi) is 4.19. The molecule has 0 amide bonds. The number of hydrogen-bond donors (Lipinski definition) is 0. The van der Waals surface area contributed by atoms with Gasteiger partial charge in [0.15, 0.2) is 17.3 Å². The zero-order valence-electron chi connectivity index (χ0n) is 16.7. The molecule has 1 saturated carbocycles. The van der Waals surface area contributed by atoms with E-state index >= 15 is 0 Å². The molecule has 0 atom stereocenters. The van der Waals surface area contributed by atoms with E-state index in [-0.39, 0.29) is 16.8 Å². The third kappa shape index (κ3) is 3.20. The van der Waals surface area contributed by atoms with Crippen LogP contribution in [0.2, 0.25) is 0 Å². The zero-order valence-corrected chi connectivity index (χ0v) is 16.7. The largest absolute Gasteiger partial charge is 0.486 e. The number of ether oxygens (including phenoxy) is 2. The summed E-state index contributed by atoms with van der Waals surface area (Å²) in [6, 6.07) is 9.18. The highest BCUT2D eigenvalue weighted by atomic mass is 16.6. The number of nitrogens with zero attached hydrogens (tertiary/aromatic N) is 1. The van der Waals surface area contributed by atoms with Crippen LogP contribution in [0.5, 0.6) is 11.5 Å². The second-order valence-corrected chi connectivity index (χ2v) is 8.11. The first-order chi connectivity index (χ1) is 14.0. The number of hydrogen-bond acceptors (Lipinski definition) is 4. The number of rotatable bonds is 4. The van der Waals surface area contributed by atoms with Crippen molar-refractivity contribution in [2.45, 2.75) is 33.2 Å². The predicted octanol–water partition coefficient (Wildman–Crippen LogP) is 4.03. The lowest BCUT2D eigenvalue weighted by molar-refractivity contribution is 0.103. The summed E-state index contributed by atoms with van der Waals surface area (Å²) in [5.74, 6) is 1.58. The molecule has 29 heavy (non-hydrogen) atoms. The Morgan fingerprint density at radius 3 is 2.45 bits per heavy atom. The van der Waals surface area contributed by atoms with Gasteiger partial charge in [-0.05, 0) is 55.9 Å². The minimum atomic E-state index is -0.257. The van der Waals surface area contributed by atoms with Gasteiger partial charge in [0.2, 0.25) is 5.43 Å². The molecule has 0 N–H and O–H groups in total. The van der Waals surface area contributed by atoms with Crippen LogP contribution < -0.4 is 14.9 Å². The van der Waals surface area contributed by atoms with Crippen molar-refractivity contribution in [2.75, 3.05) is 13.2 Å². The molecule has 5 heteroatoms. The van der Waals surface area contributed by atoms with Crippen molar-refractivity contribution in [3.63, 3.8) is 0 Å². The van der Waals surface area contributed by atoms with E-state index in [4.69, 9.17) is 9.47 Å². The second kappa shape index (κ2) is 6.76. The van der Waals surface area contributed by atoms with Gasteiger partial charge in [0.1, 0.15) is 13.2 Å². The molecule has 2 aromatic carbocycles. The molecule has 5 rings (SSSR count). The molecule has 5 nitrogen and oxygen atoms in total. The van der Waals surface area contributed by atoms with Crippen LogP contribution >= 0.6 is 0 Å². The minimum absolute atomic E-state index is 0.207. The fourth-order valence-electron chi connectivity index (χ4n) is 3.86. The van der Waals surface area contributed by atoms with Crippen molar-refractivity contribution in [1.82, 2.24) is 4.57 Å². The standard InChI is InChI=1S/C24H23NO4/c1-14-3-6-17(9-15(14)2)23(26)19-13-25(12-16-4-5-16)20-11-22-21(28-7-8-29-22)10-18(20)24(19)27/h3,6,9-11,13,16H,4-5,7-8,12H2,1-2H3. The van der Waals surface area contributed by atoms with Gasteiger partial charge in [0, 0.05) is 24.4 Å². The number of pyridine rings is 1. The Morgan fingerprint density at radius 1 is 1.03 bits per heavy atom. The summed E-state index contributed by atoms with van der Waals surface area (Å²) in [6.07, 6.45) is 4.09. The van der Waals surface area contributed by atoms with E-state index < -0.39 is 0 Å². The van der Waals surface area contributed by atoms with Crippen LogP contribution in [0.4, 0.5) is 0 Å². The monoisotopic (exact) mass is 389 g/mol. The Balaban J connectivity index is 1.70. The first-order valence-electron chi connectivity index (χ1n) is 10.1. The molecule has 1 fully saturated rings. The van der Waals surface area contributed by atoms with E-state index in [1.807, 2.05) is 36.6 Å². The summed E-state index contributed by atoms with van der Waals surface area (Å²) in [7, 11) is 0. The molecule has 1 aliphatic heterocycles. The van der Waals surface area contributed by atoms with E-state index in [0.717, 1.165) is 23.2 Å². The van der Waals surface area contributed by atoms with Gasteiger partial charge in [0.25, 0.3) is 0 Å². The van der Waals surface area contributed by atoms with Gasteiger partial charge < -0.3 is 14.0 Å². The van der Waals surface area contributed by atoms with Gasteiger partial charge in [-0.25, -0.2) is 0 Å². The highest BCUT2D eigenvalue weighted by molar-refractivity contribution is 6.10. The zero-order chi connectivity index (χ0) is 20.1. The molecule has 148 valence electrons. The minimum Gasteiger partial charge on any atom is -0.486 e. The molecule has 0 unspecified atom stereocenters. The van der Waals surface area contributed by atoms with Crippen molar-refractivity contribution >= 4 is 16.7 Å². The van der Waals surface area contributed by atoms with Gasteiger partial charge in [-0.15, -0.1) is 0 Å². The van der Waals surface area contributed by atoms with Crippen LogP contribution in [0.25, 0.3) is 10.9 Å². The molecule has 0 spiro atoms. The molecular weight excluding hydrogens is 366 g/mol. The number of carbonyl (C=O) groups is 1. The molecule has 0 bridgehead atoms. The summed E-state index contributed by atoms with van der Waals surface area (Å²) >= 11 is 0. The van der Waals surface area contributed by atoms with Gasteiger partial charge >= 0.3 is 0 Å². The molecule has 2 aliphatic rings. The number of aryl methyl sites for hydroxylation is 2. The molecule has 3 aromatic rings. The third-order valence-corrected chi connectivity index (χ3v) is 5.91. The lowest BCUT2D eigenvalue weighted by Crippen LogP contribution is -2.22. The first-order valence-corrected chi connectivity index (χ1v) is 10.1. The quantitative estimate of drug-likeness (QED) is 0.632. The van der Waals surface area contributed by atoms with E-state index in [1.165, 1.54) is 12.8 Å². The van der Waals surface area contributed by atoms with Crippen LogP contribution in [-0.4, -0.2) is 23.6 Å². The number of ketones is 1. The Labute approximate surface area is 168 Å². The van der Waals surface area contributed by atoms with Crippen molar-refractivity contribution in [1.29, 1.82) is 0 Å². The van der Waals surface area contributed by atoms with Crippen LogP contribution in [-0.2, 0) is 6.54 Å². The number of fused-ring (bicyclic) bond motifs is 2.